The first-order chi connectivity index (χ1) is 10.1. The van der Waals surface area contributed by atoms with Crippen molar-refractivity contribution in [3.05, 3.63) is 63.6 Å². The van der Waals surface area contributed by atoms with Crippen LogP contribution in [0.25, 0.3) is 0 Å². The summed E-state index contributed by atoms with van der Waals surface area (Å²) in [5.74, 6) is 0. The molecule has 0 radical (unpaired) electrons. The van der Waals surface area contributed by atoms with E-state index in [-0.39, 0.29) is 11.3 Å². The predicted octanol–water partition coefficient (Wildman–Crippen LogP) is 4.12. The van der Waals surface area contributed by atoms with Gasteiger partial charge in [0.05, 0.1) is 26.0 Å². The molecule has 0 amide bonds. The van der Waals surface area contributed by atoms with Gasteiger partial charge >= 0.3 is 0 Å². The zero-order valence-electron chi connectivity index (χ0n) is 11.3. The molecule has 0 fully saturated rings. The molecule has 2 aromatic rings. The van der Waals surface area contributed by atoms with E-state index in [1.165, 1.54) is 5.56 Å². The standard InChI is InChI=1S/C16H15Cl2NOS/c17-11-6-7-13(18)15(9-11)21(20)14-8-5-10-3-1-2-4-12(10)16(14)19/h1-4,6-7,9,14,16H,5,8,19H2. The Morgan fingerprint density at radius 3 is 2.71 bits per heavy atom. The number of aryl methyl sites for hydroxylation is 1. The first-order valence-electron chi connectivity index (χ1n) is 6.77. The van der Waals surface area contributed by atoms with E-state index in [4.69, 9.17) is 28.9 Å². The molecule has 1 aliphatic rings. The van der Waals surface area contributed by atoms with E-state index in [1.54, 1.807) is 18.2 Å². The zero-order chi connectivity index (χ0) is 15.0. The molecule has 0 aliphatic heterocycles. The predicted molar refractivity (Wildman–Crippen MR) is 88.3 cm³/mol. The molecule has 0 aromatic heterocycles. The van der Waals surface area contributed by atoms with Gasteiger partial charge in [0.15, 0.2) is 0 Å². The first-order valence-corrected chi connectivity index (χ1v) is 8.74. The number of halogens is 2. The average Bonchev–Trinajstić information content (AvgIpc) is 2.50. The van der Waals surface area contributed by atoms with Gasteiger partial charge < -0.3 is 5.73 Å². The summed E-state index contributed by atoms with van der Waals surface area (Å²) in [6, 6.07) is 12.9. The topological polar surface area (TPSA) is 43.1 Å². The smallest absolute Gasteiger partial charge is 0.0595 e. The summed E-state index contributed by atoms with van der Waals surface area (Å²) in [6.07, 6.45) is 1.67. The van der Waals surface area contributed by atoms with Crippen molar-refractivity contribution in [3.8, 4) is 0 Å². The van der Waals surface area contributed by atoms with Crippen LogP contribution in [0, 0.1) is 0 Å². The quantitative estimate of drug-likeness (QED) is 0.894. The number of hydrogen-bond donors (Lipinski definition) is 1. The molecule has 3 unspecified atom stereocenters. The molecule has 2 nitrogen and oxygen atoms in total. The number of benzene rings is 2. The van der Waals surface area contributed by atoms with Crippen molar-refractivity contribution in [3.63, 3.8) is 0 Å². The van der Waals surface area contributed by atoms with Crippen LogP contribution in [0.1, 0.15) is 23.6 Å². The van der Waals surface area contributed by atoms with Crippen LogP contribution >= 0.6 is 23.2 Å². The van der Waals surface area contributed by atoms with Crippen LogP contribution in [-0.2, 0) is 17.2 Å². The lowest BCUT2D eigenvalue weighted by atomic mass is 9.88. The van der Waals surface area contributed by atoms with Gasteiger partial charge in [-0.3, -0.25) is 4.21 Å². The minimum Gasteiger partial charge on any atom is -0.323 e. The number of hydrogen-bond acceptors (Lipinski definition) is 2. The van der Waals surface area contributed by atoms with Gasteiger partial charge in [-0.2, -0.15) is 0 Å². The Morgan fingerprint density at radius 1 is 1.14 bits per heavy atom. The van der Waals surface area contributed by atoms with Gasteiger partial charge in [-0.05, 0) is 42.2 Å². The molecule has 1 aliphatic carbocycles. The van der Waals surface area contributed by atoms with Crippen molar-refractivity contribution in [1.82, 2.24) is 0 Å². The van der Waals surface area contributed by atoms with Gasteiger partial charge in [0.1, 0.15) is 0 Å². The van der Waals surface area contributed by atoms with E-state index in [9.17, 15) is 4.21 Å². The fourth-order valence-corrected chi connectivity index (χ4v) is 4.96. The van der Waals surface area contributed by atoms with Gasteiger partial charge in [0, 0.05) is 11.1 Å². The molecular formula is C16H15Cl2NOS. The van der Waals surface area contributed by atoms with Crippen LogP contribution in [0.2, 0.25) is 10.0 Å². The van der Waals surface area contributed by atoms with Crippen LogP contribution in [-0.4, -0.2) is 9.46 Å². The number of nitrogens with two attached hydrogens (primary N) is 1. The lowest BCUT2D eigenvalue weighted by Gasteiger charge is -2.30. The van der Waals surface area contributed by atoms with Gasteiger partial charge in [-0.25, -0.2) is 0 Å². The monoisotopic (exact) mass is 339 g/mol. The third-order valence-electron chi connectivity index (χ3n) is 3.90. The Labute approximate surface area is 136 Å². The van der Waals surface area contributed by atoms with E-state index in [1.807, 2.05) is 18.2 Å². The minimum absolute atomic E-state index is 0.143. The Bertz CT molecular complexity index is 704. The van der Waals surface area contributed by atoms with Crippen molar-refractivity contribution in [2.75, 3.05) is 0 Å². The highest BCUT2D eigenvalue weighted by Gasteiger charge is 2.32. The molecule has 3 rings (SSSR count). The molecule has 21 heavy (non-hydrogen) atoms. The molecule has 0 saturated heterocycles. The Hall–Kier alpha value is -0.870. The summed E-state index contributed by atoms with van der Waals surface area (Å²) in [5.41, 5.74) is 8.68. The van der Waals surface area contributed by atoms with Crippen molar-refractivity contribution in [1.29, 1.82) is 0 Å². The van der Waals surface area contributed by atoms with E-state index in [0.29, 0.717) is 14.9 Å². The number of rotatable bonds is 2. The maximum Gasteiger partial charge on any atom is 0.0595 e. The molecular weight excluding hydrogens is 325 g/mol. The van der Waals surface area contributed by atoms with Crippen molar-refractivity contribution >= 4 is 34.0 Å². The Balaban J connectivity index is 1.95. The summed E-state index contributed by atoms with van der Waals surface area (Å²) in [7, 11) is -1.27. The highest BCUT2D eigenvalue weighted by Crippen LogP contribution is 2.35. The Morgan fingerprint density at radius 2 is 1.90 bits per heavy atom. The summed E-state index contributed by atoms with van der Waals surface area (Å²) < 4.78 is 12.9. The molecule has 2 aromatic carbocycles. The van der Waals surface area contributed by atoms with Crippen LogP contribution in [0.5, 0.6) is 0 Å². The van der Waals surface area contributed by atoms with Crippen molar-refractivity contribution in [2.24, 2.45) is 5.73 Å². The molecule has 0 spiro atoms. The Kier molecular flexibility index (Phi) is 4.36. The van der Waals surface area contributed by atoms with Crippen molar-refractivity contribution in [2.45, 2.75) is 29.0 Å². The molecule has 0 saturated carbocycles. The lowest BCUT2D eigenvalue weighted by Crippen LogP contribution is -2.35. The normalized spacial score (nSPS) is 22.6. The fraction of sp³-hybridized carbons (Fsp3) is 0.250. The summed E-state index contributed by atoms with van der Waals surface area (Å²) >= 11 is 12.2. The van der Waals surface area contributed by atoms with Crippen LogP contribution in [0.4, 0.5) is 0 Å². The van der Waals surface area contributed by atoms with Crippen LogP contribution < -0.4 is 5.73 Å². The second-order valence-corrected chi connectivity index (χ2v) is 7.66. The zero-order valence-corrected chi connectivity index (χ0v) is 13.6. The van der Waals surface area contributed by atoms with E-state index in [0.717, 1.165) is 18.4 Å². The van der Waals surface area contributed by atoms with E-state index < -0.39 is 10.8 Å². The molecule has 5 heteroatoms. The van der Waals surface area contributed by atoms with Crippen LogP contribution in [0.15, 0.2) is 47.4 Å². The van der Waals surface area contributed by atoms with Crippen LogP contribution in [0.3, 0.4) is 0 Å². The van der Waals surface area contributed by atoms with Gasteiger partial charge in [0.2, 0.25) is 0 Å². The maximum absolute atomic E-state index is 12.9. The van der Waals surface area contributed by atoms with Gasteiger partial charge in [0.25, 0.3) is 0 Å². The average molecular weight is 340 g/mol. The van der Waals surface area contributed by atoms with E-state index in [2.05, 4.69) is 6.07 Å². The minimum atomic E-state index is -1.27. The first kappa shape index (κ1) is 15.0. The summed E-state index contributed by atoms with van der Waals surface area (Å²) in [4.78, 5) is 0.573. The highest BCUT2D eigenvalue weighted by atomic mass is 35.5. The molecule has 0 bridgehead atoms. The maximum atomic E-state index is 12.9. The molecule has 0 heterocycles. The van der Waals surface area contributed by atoms with Crippen molar-refractivity contribution < 1.29 is 4.21 Å². The molecule has 110 valence electrons. The highest BCUT2D eigenvalue weighted by molar-refractivity contribution is 7.85. The summed E-state index contributed by atoms with van der Waals surface area (Å²) in [6.45, 7) is 0. The van der Waals surface area contributed by atoms with Gasteiger partial charge in [-0.15, -0.1) is 0 Å². The molecule has 3 atom stereocenters. The third-order valence-corrected chi connectivity index (χ3v) is 6.42. The third kappa shape index (κ3) is 2.88. The SMILES string of the molecule is NC1c2ccccc2CCC1S(=O)c1cc(Cl)ccc1Cl. The second kappa shape index (κ2) is 6.09. The fourth-order valence-electron chi connectivity index (χ4n) is 2.80. The van der Waals surface area contributed by atoms with E-state index >= 15 is 0 Å². The molecule has 2 N–H and O–H groups in total. The number of fused-ring (bicyclic) bond motifs is 1. The second-order valence-electron chi connectivity index (χ2n) is 5.17. The lowest BCUT2D eigenvalue weighted by molar-refractivity contribution is 0.563. The summed E-state index contributed by atoms with van der Waals surface area (Å²) in [5, 5.41) is 0.868. The largest absolute Gasteiger partial charge is 0.323 e. The van der Waals surface area contributed by atoms with Gasteiger partial charge in [-0.1, -0.05) is 47.5 Å².